The molecule has 1 unspecified atom stereocenters. The van der Waals surface area contributed by atoms with Crippen molar-refractivity contribution in [2.45, 2.75) is 69.0 Å². The lowest BCUT2D eigenvalue weighted by atomic mass is 9.94. The molecule has 0 saturated heterocycles. The van der Waals surface area contributed by atoms with Gasteiger partial charge in [-0.3, -0.25) is 13.9 Å². The topological polar surface area (TPSA) is 96.0 Å². The zero-order valence-corrected chi connectivity index (χ0v) is 28.9. The molecule has 0 aliphatic heterocycles. The van der Waals surface area contributed by atoms with Gasteiger partial charge in [0.2, 0.25) is 11.8 Å². The molecule has 1 N–H and O–H groups in total. The third kappa shape index (κ3) is 8.96. The number of anilines is 1. The summed E-state index contributed by atoms with van der Waals surface area (Å²) >= 11 is 6.17. The molecule has 0 heterocycles. The summed E-state index contributed by atoms with van der Waals surface area (Å²) in [6.07, 6.45) is 5.27. The first-order valence-corrected chi connectivity index (χ1v) is 18.1. The average Bonchev–Trinajstić information content (AvgIpc) is 3.10. The van der Waals surface area contributed by atoms with E-state index in [0.717, 1.165) is 53.1 Å². The molecule has 1 fully saturated rings. The van der Waals surface area contributed by atoms with E-state index < -0.39 is 28.5 Å². The first kappa shape index (κ1) is 35.0. The summed E-state index contributed by atoms with van der Waals surface area (Å²) in [5.74, 6) is -0.258. The van der Waals surface area contributed by atoms with Crippen molar-refractivity contribution in [2.75, 3.05) is 18.0 Å². The van der Waals surface area contributed by atoms with Crippen LogP contribution in [0.4, 0.5) is 5.69 Å². The number of benzene rings is 4. The number of carbonyl (C=O) groups is 2. The smallest absolute Gasteiger partial charge is 0.264 e. The fourth-order valence-corrected chi connectivity index (χ4v) is 7.66. The van der Waals surface area contributed by atoms with Crippen molar-refractivity contribution in [1.29, 1.82) is 0 Å². The number of aryl methyl sites for hydroxylation is 1. The molecule has 0 radical (unpaired) electrons. The van der Waals surface area contributed by atoms with Crippen molar-refractivity contribution in [3.63, 3.8) is 0 Å². The van der Waals surface area contributed by atoms with Crippen molar-refractivity contribution in [3.05, 3.63) is 125 Å². The van der Waals surface area contributed by atoms with Gasteiger partial charge in [-0.15, -0.1) is 0 Å². The van der Waals surface area contributed by atoms with Gasteiger partial charge in [0.05, 0.1) is 17.7 Å². The van der Waals surface area contributed by atoms with Crippen molar-refractivity contribution in [3.8, 4) is 5.75 Å². The van der Waals surface area contributed by atoms with Crippen LogP contribution in [0.15, 0.2) is 108 Å². The molecular formula is C38H42ClN3O5S. The van der Waals surface area contributed by atoms with Gasteiger partial charge < -0.3 is 15.0 Å². The van der Waals surface area contributed by atoms with E-state index in [1.807, 2.05) is 61.5 Å². The molecule has 0 bridgehead atoms. The zero-order valence-electron chi connectivity index (χ0n) is 27.3. The zero-order chi connectivity index (χ0) is 34.1. The van der Waals surface area contributed by atoms with Crippen LogP contribution in [0.2, 0.25) is 5.02 Å². The van der Waals surface area contributed by atoms with E-state index >= 15 is 0 Å². The number of sulfonamides is 1. The second-order valence-corrected chi connectivity index (χ2v) is 14.5. The van der Waals surface area contributed by atoms with Crippen molar-refractivity contribution in [1.82, 2.24) is 10.2 Å². The number of nitrogens with zero attached hydrogens (tertiary/aromatic N) is 2. The lowest BCUT2D eigenvalue weighted by molar-refractivity contribution is -0.140. The normalized spacial score (nSPS) is 14.1. The summed E-state index contributed by atoms with van der Waals surface area (Å²) < 4.78 is 34.8. The van der Waals surface area contributed by atoms with Crippen LogP contribution in [0.3, 0.4) is 0 Å². The summed E-state index contributed by atoms with van der Waals surface area (Å²) in [7, 11) is -2.74. The highest BCUT2D eigenvalue weighted by Crippen LogP contribution is 2.28. The van der Waals surface area contributed by atoms with Crippen LogP contribution in [0.25, 0.3) is 0 Å². The lowest BCUT2D eigenvalue weighted by Crippen LogP contribution is -2.55. The first-order chi connectivity index (χ1) is 23.1. The second kappa shape index (κ2) is 16.2. The Hall–Kier alpha value is -4.34. The Labute approximate surface area is 288 Å². The van der Waals surface area contributed by atoms with Gasteiger partial charge in [0.15, 0.2) is 0 Å². The van der Waals surface area contributed by atoms with E-state index in [9.17, 15) is 18.0 Å². The number of amides is 2. The molecule has 0 spiro atoms. The molecule has 8 nitrogen and oxygen atoms in total. The van der Waals surface area contributed by atoms with Gasteiger partial charge in [0.1, 0.15) is 18.3 Å². The van der Waals surface area contributed by atoms with Crippen LogP contribution in [0.1, 0.15) is 48.8 Å². The molecule has 4 aromatic rings. The fourth-order valence-electron chi connectivity index (χ4n) is 6.12. The van der Waals surface area contributed by atoms with Crippen molar-refractivity contribution in [2.24, 2.45) is 0 Å². The minimum absolute atomic E-state index is 0.00726. The predicted octanol–water partition coefficient (Wildman–Crippen LogP) is 6.94. The highest BCUT2D eigenvalue weighted by atomic mass is 35.5. The predicted molar refractivity (Wildman–Crippen MR) is 190 cm³/mol. The molecule has 10 heteroatoms. The number of rotatable bonds is 13. The molecule has 1 saturated carbocycles. The summed E-state index contributed by atoms with van der Waals surface area (Å²) in [6, 6.07) is 28.8. The number of nitrogens with one attached hydrogen (secondary N) is 1. The summed E-state index contributed by atoms with van der Waals surface area (Å²) in [6.45, 7) is 1.55. The third-order valence-corrected chi connectivity index (χ3v) is 10.7. The monoisotopic (exact) mass is 687 g/mol. The molecule has 1 atom stereocenters. The van der Waals surface area contributed by atoms with Gasteiger partial charge >= 0.3 is 0 Å². The highest BCUT2D eigenvalue weighted by Gasteiger charge is 2.35. The molecule has 0 aromatic heterocycles. The third-order valence-electron chi connectivity index (χ3n) is 8.70. The van der Waals surface area contributed by atoms with E-state index in [1.165, 1.54) is 24.1 Å². The van der Waals surface area contributed by atoms with Crippen LogP contribution in [0, 0.1) is 6.92 Å². The largest absolute Gasteiger partial charge is 0.497 e. The maximum Gasteiger partial charge on any atom is 0.264 e. The standard InChI is InChI=1S/C38H42ClN3O5S/c1-28-10-9-13-30(24-28)26-41(36(25-29-11-5-3-6-12-29)38(44)40-32-14-7-4-8-15-32)37(43)27-42(33-18-16-31(39)17-19-33)48(45,46)35-22-20-34(47-2)21-23-35/h3,5-6,9-13,16-24,32,36H,4,7-8,14-15,25-27H2,1-2H3,(H,40,44). The SMILES string of the molecule is COc1ccc(S(=O)(=O)N(CC(=O)N(Cc2cccc(C)c2)C(Cc2ccccc2)C(=O)NC2CCCCC2)c2ccc(Cl)cc2)cc1. The molecule has 2 amide bonds. The van der Waals surface area contributed by atoms with Crippen LogP contribution in [-0.2, 0) is 32.6 Å². The Morgan fingerprint density at radius 1 is 0.875 bits per heavy atom. The number of hydrogen-bond acceptors (Lipinski definition) is 5. The molecule has 1 aliphatic rings. The van der Waals surface area contributed by atoms with E-state index in [2.05, 4.69) is 5.32 Å². The Kier molecular flexibility index (Phi) is 11.8. The van der Waals surface area contributed by atoms with Gasteiger partial charge in [0, 0.05) is 24.0 Å². The molecule has 252 valence electrons. The molecule has 4 aromatic carbocycles. The van der Waals surface area contributed by atoms with Gasteiger partial charge in [-0.05, 0) is 79.4 Å². The fraction of sp³-hybridized carbons (Fsp3) is 0.316. The second-order valence-electron chi connectivity index (χ2n) is 12.2. The van der Waals surface area contributed by atoms with Gasteiger partial charge in [-0.25, -0.2) is 8.42 Å². The Morgan fingerprint density at radius 3 is 2.19 bits per heavy atom. The Morgan fingerprint density at radius 2 is 1.54 bits per heavy atom. The van der Waals surface area contributed by atoms with E-state index in [-0.39, 0.29) is 35.5 Å². The quantitative estimate of drug-likeness (QED) is 0.164. The minimum atomic E-state index is -4.24. The van der Waals surface area contributed by atoms with Crippen molar-refractivity contribution >= 4 is 39.1 Å². The van der Waals surface area contributed by atoms with Crippen molar-refractivity contribution < 1.29 is 22.7 Å². The number of hydrogen-bond donors (Lipinski definition) is 1. The Balaban J connectivity index is 1.56. The Bertz CT molecular complexity index is 1780. The van der Waals surface area contributed by atoms with E-state index in [4.69, 9.17) is 16.3 Å². The number of carbonyl (C=O) groups excluding carboxylic acids is 2. The van der Waals surface area contributed by atoms with Gasteiger partial charge in [0.25, 0.3) is 10.0 Å². The molecule has 1 aliphatic carbocycles. The highest BCUT2D eigenvalue weighted by molar-refractivity contribution is 7.92. The van der Waals surface area contributed by atoms with E-state index in [0.29, 0.717) is 10.8 Å². The number of ether oxygens (including phenoxy) is 1. The molecule has 5 rings (SSSR count). The lowest BCUT2D eigenvalue weighted by Gasteiger charge is -2.35. The van der Waals surface area contributed by atoms with Crippen LogP contribution >= 0.6 is 11.6 Å². The first-order valence-electron chi connectivity index (χ1n) is 16.3. The summed E-state index contributed by atoms with van der Waals surface area (Å²) in [4.78, 5) is 30.4. The van der Waals surface area contributed by atoms with Gasteiger partial charge in [-0.1, -0.05) is 91.0 Å². The maximum atomic E-state index is 14.7. The van der Waals surface area contributed by atoms with E-state index in [1.54, 1.807) is 36.4 Å². The summed E-state index contributed by atoms with van der Waals surface area (Å²) in [5.41, 5.74) is 3.01. The van der Waals surface area contributed by atoms with Crippen LogP contribution < -0.4 is 14.4 Å². The number of methoxy groups -OCH3 is 1. The maximum absolute atomic E-state index is 14.7. The van der Waals surface area contributed by atoms with Gasteiger partial charge in [-0.2, -0.15) is 0 Å². The molecule has 48 heavy (non-hydrogen) atoms. The number of halogens is 1. The molecular weight excluding hydrogens is 646 g/mol. The summed E-state index contributed by atoms with van der Waals surface area (Å²) in [5, 5.41) is 3.66. The minimum Gasteiger partial charge on any atom is -0.497 e. The van der Waals surface area contributed by atoms with Crippen LogP contribution in [0.5, 0.6) is 5.75 Å². The average molecular weight is 688 g/mol. The van der Waals surface area contributed by atoms with Crippen LogP contribution in [-0.4, -0.2) is 50.9 Å².